The molecule has 0 N–H and O–H groups in total. The van der Waals surface area contributed by atoms with Crippen LogP contribution in [0.3, 0.4) is 0 Å². The second-order valence-electron chi connectivity index (χ2n) is 2.83. The SMILES string of the molecule is O=C(Cc1ccc(Cl)cc1F)C(F)(F)F. The Morgan fingerprint density at radius 1 is 1.33 bits per heavy atom. The molecule has 0 spiro atoms. The van der Waals surface area contributed by atoms with Crippen molar-refractivity contribution in [2.45, 2.75) is 12.6 Å². The molecule has 0 aliphatic carbocycles. The maximum atomic E-state index is 13.0. The molecule has 0 saturated carbocycles. The summed E-state index contributed by atoms with van der Waals surface area (Å²) in [5.41, 5.74) is -0.318. The lowest BCUT2D eigenvalue weighted by Crippen LogP contribution is -2.24. The molecule has 15 heavy (non-hydrogen) atoms. The number of halogens is 5. The highest BCUT2D eigenvalue weighted by atomic mass is 35.5. The summed E-state index contributed by atoms with van der Waals surface area (Å²) in [7, 11) is 0. The Morgan fingerprint density at radius 3 is 2.40 bits per heavy atom. The van der Waals surface area contributed by atoms with Gasteiger partial charge in [-0.05, 0) is 17.7 Å². The van der Waals surface area contributed by atoms with Crippen LogP contribution in [0.15, 0.2) is 18.2 Å². The van der Waals surface area contributed by atoms with E-state index in [-0.39, 0.29) is 10.6 Å². The van der Waals surface area contributed by atoms with Gasteiger partial charge >= 0.3 is 6.18 Å². The quantitative estimate of drug-likeness (QED) is 0.726. The molecule has 0 aliphatic rings. The predicted octanol–water partition coefficient (Wildman–Crippen LogP) is 3.15. The Labute approximate surface area is 87.7 Å². The van der Waals surface area contributed by atoms with Gasteiger partial charge in [-0.1, -0.05) is 17.7 Å². The molecule has 0 radical (unpaired) electrons. The highest BCUT2D eigenvalue weighted by Crippen LogP contribution is 2.21. The second kappa shape index (κ2) is 4.18. The van der Waals surface area contributed by atoms with Gasteiger partial charge in [0.15, 0.2) is 0 Å². The molecule has 1 aromatic carbocycles. The molecule has 0 aromatic heterocycles. The molecule has 0 heterocycles. The van der Waals surface area contributed by atoms with Gasteiger partial charge in [0.2, 0.25) is 5.78 Å². The number of hydrogen-bond acceptors (Lipinski definition) is 1. The molecule has 82 valence electrons. The van der Waals surface area contributed by atoms with Gasteiger partial charge in [-0.25, -0.2) is 4.39 Å². The molecule has 0 aliphatic heterocycles. The largest absolute Gasteiger partial charge is 0.450 e. The van der Waals surface area contributed by atoms with E-state index >= 15 is 0 Å². The number of rotatable bonds is 2. The summed E-state index contributed by atoms with van der Waals surface area (Å²) < 4.78 is 48.5. The van der Waals surface area contributed by atoms with Crippen LogP contribution in [-0.4, -0.2) is 12.0 Å². The van der Waals surface area contributed by atoms with Gasteiger partial charge in [0, 0.05) is 11.4 Å². The van der Waals surface area contributed by atoms with E-state index in [0.717, 1.165) is 12.1 Å². The number of Topliss-reactive ketones (excluding diaryl/α,β-unsaturated/α-hetero) is 1. The van der Waals surface area contributed by atoms with E-state index in [1.54, 1.807) is 0 Å². The minimum Gasteiger partial charge on any atom is -0.289 e. The summed E-state index contributed by atoms with van der Waals surface area (Å²) >= 11 is 5.40. The molecule has 1 nitrogen and oxygen atoms in total. The van der Waals surface area contributed by atoms with Gasteiger partial charge in [0.25, 0.3) is 0 Å². The lowest BCUT2D eigenvalue weighted by molar-refractivity contribution is -0.170. The molecule has 0 amide bonds. The molecule has 6 heteroatoms. The fourth-order valence-corrected chi connectivity index (χ4v) is 1.10. The van der Waals surface area contributed by atoms with Crippen molar-refractivity contribution in [3.05, 3.63) is 34.6 Å². The monoisotopic (exact) mass is 240 g/mol. The zero-order valence-corrected chi connectivity index (χ0v) is 7.99. The average molecular weight is 241 g/mol. The van der Waals surface area contributed by atoms with Crippen LogP contribution in [0.4, 0.5) is 17.6 Å². The Kier molecular flexibility index (Phi) is 3.34. The van der Waals surface area contributed by atoms with E-state index in [2.05, 4.69) is 0 Å². The zero-order chi connectivity index (χ0) is 11.6. The van der Waals surface area contributed by atoms with Gasteiger partial charge in [-0.3, -0.25) is 4.79 Å². The molecule has 0 unspecified atom stereocenters. The first-order valence-electron chi connectivity index (χ1n) is 3.84. The summed E-state index contributed by atoms with van der Waals surface area (Å²) in [4.78, 5) is 10.5. The van der Waals surface area contributed by atoms with Crippen molar-refractivity contribution < 1.29 is 22.4 Å². The number of carbonyl (C=O) groups excluding carboxylic acids is 1. The molecule has 1 aromatic rings. The number of hydrogen-bond donors (Lipinski definition) is 0. The summed E-state index contributed by atoms with van der Waals surface area (Å²) in [5.74, 6) is -2.90. The van der Waals surface area contributed by atoms with Crippen LogP contribution in [0, 0.1) is 5.82 Å². The maximum absolute atomic E-state index is 13.0. The smallest absolute Gasteiger partial charge is 0.289 e. The van der Waals surface area contributed by atoms with E-state index in [4.69, 9.17) is 11.6 Å². The third-order valence-electron chi connectivity index (χ3n) is 1.68. The minimum atomic E-state index is -4.94. The number of alkyl halides is 3. The molecular weight excluding hydrogens is 236 g/mol. The third kappa shape index (κ3) is 3.20. The first-order valence-corrected chi connectivity index (χ1v) is 4.22. The molecule has 0 atom stereocenters. The summed E-state index contributed by atoms with van der Waals surface area (Å²) in [6, 6.07) is 3.14. The first-order chi connectivity index (χ1) is 6.80. The van der Waals surface area contributed by atoms with Crippen LogP contribution < -0.4 is 0 Å². The maximum Gasteiger partial charge on any atom is 0.450 e. The Morgan fingerprint density at radius 2 is 1.93 bits per heavy atom. The molecule has 0 saturated heterocycles. The Balaban J connectivity index is 2.87. The normalized spacial score (nSPS) is 11.5. The van der Waals surface area contributed by atoms with Crippen LogP contribution in [-0.2, 0) is 11.2 Å². The first kappa shape index (κ1) is 12.0. The van der Waals surface area contributed by atoms with Gasteiger partial charge in [-0.2, -0.15) is 13.2 Å². The van der Waals surface area contributed by atoms with Crippen molar-refractivity contribution in [1.82, 2.24) is 0 Å². The standard InChI is InChI=1S/C9H5ClF4O/c10-6-2-1-5(7(11)4-6)3-8(15)9(12,13)14/h1-2,4H,3H2. The van der Waals surface area contributed by atoms with Crippen LogP contribution in [0.1, 0.15) is 5.56 Å². The van der Waals surface area contributed by atoms with E-state index in [0.29, 0.717) is 0 Å². The van der Waals surface area contributed by atoms with E-state index < -0.39 is 24.2 Å². The van der Waals surface area contributed by atoms with Crippen molar-refractivity contribution >= 4 is 17.4 Å². The van der Waals surface area contributed by atoms with Crippen molar-refractivity contribution in [2.75, 3.05) is 0 Å². The van der Waals surface area contributed by atoms with Crippen LogP contribution in [0.5, 0.6) is 0 Å². The van der Waals surface area contributed by atoms with Crippen LogP contribution in [0.25, 0.3) is 0 Å². The van der Waals surface area contributed by atoms with Crippen LogP contribution in [0.2, 0.25) is 5.02 Å². The molecule has 1 rings (SSSR count). The zero-order valence-electron chi connectivity index (χ0n) is 7.24. The number of carbonyl (C=O) groups is 1. The molecular formula is C9H5ClF4O. The van der Waals surface area contributed by atoms with E-state index in [9.17, 15) is 22.4 Å². The fraction of sp³-hybridized carbons (Fsp3) is 0.222. The van der Waals surface area contributed by atoms with Gasteiger partial charge in [0.05, 0.1) is 0 Å². The molecule has 0 fully saturated rings. The van der Waals surface area contributed by atoms with Gasteiger partial charge in [-0.15, -0.1) is 0 Å². The topological polar surface area (TPSA) is 17.1 Å². The minimum absolute atomic E-state index is 0.0655. The summed E-state index contributed by atoms with van der Waals surface area (Å²) in [6.07, 6.45) is -5.95. The van der Waals surface area contributed by atoms with Crippen molar-refractivity contribution in [2.24, 2.45) is 0 Å². The van der Waals surface area contributed by atoms with E-state index in [1.165, 1.54) is 6.07 Å². The summed E-state index contributed by atoms with van der Waals surface area (Å²) in [5, 5.41) is 0.0655. The van der Waals surface area contributed by atoms with E-state index in [1.807, 2.05) is 0 Å². The van der Waals surface area contributed by atoms with Crippen molar-refractivity contribution in [3.63, 3.8) is 0 Å². The Bertz CT molecular complexity index is 386. The van der Waals surface area contributed by atoms with Crippen molar-refractivity contribution in [3.8, 4) is 0 Å². The van der Waals surface area contributed by atoms with Crippen molar-refractivity contribution in [1.29, 1.82) is 0 Å². The fourth-order valence-electron chi connectivity index (χ4n) is 0.938. The lowest BCUT2D eigenvalue weighted by Gasteiger charge is -2.05. The molecule has 0 bridgehead atoms. The second-order valence-corrected chi connectivity index (χ2v) is 3.27. The lowest BCUT2D eigenvalue weighted by atomic mass is 10.1. The van der Waals surface area contributed by atoms with Gasteiger partial charge in [0.1, 0.15) is 5.82 Å². The predicted molar refractivity (Wildman–Crippen MR) is 46.2 cm³/mol. The van der Waals surface area contributed by atoms with Crippen LogP contribution >= 0.6 is 11.6 Å². The highest BCUT2D eigenvalue weighted by molar-refractivity contribution is 6.30. The highest BCUT2D eigenvalue weighted by Gasteiger charge is 2.38. The average Bonchev–Trinajstić information content (AvgIpc) is 2.08. The number of ketones is 1. The summed E-state index contributed by atoms with van der Waals surface area (Å²) in [6.45, 7) is 0. The van der Waals surface area contributed by atoms with Gasteiger partial charge < -0.3 is 0 Å². The Hall–Kier alpha value is -1.10. The third-order valence-corrected chi connectivity index (χ3v) is 1.92. The number of benzene rings is 1.